The number of rotatable bonds is 4. The summed E-state index contributed by atoms with van der Waals surface area (Å²) in [5, 5.41) is 4.10. The van der Waals surface area contributed by atoms with Gasteiger partial charge in [-0.25, -0.2) is 0 Å². The Balaban J connectivity index is 1.81. The monoisotopic (exact) mass is 317 g/mol. The van der Waals surface area contributed by atoms with Crippen molar-refractivity contribution < 1.29 is 9.53 Å². The van der Waals surface area contributed by atoms with Crippen LogP contribution in [0.3, 0.4) is 0 Å². The number of nitrogens with one attached hydrogen (secondary N) is 1. The van der Waals surface area contributed by atoms with Crippen molar-refractivity contribution in [1.82, 2.24) is 5.32 Å². The fraction of sp³-hybridized carbons (Fsp3) is 0.929. The lowest BCUT2D eigenvalue weighted by atomic mass is 9.86. The Kier molecular flexibility index (Phi) is 5.49. The summed E-state index contributed by atoms with van der Waals surface area (Å²) in [5.74, 6) is 0.856. The molecule has 0 atom stereocenters. The molecule has 0 bridgehead atoms. The van der Waals surface area contributed by atoms with E-state index in [1.807, 2.05) is 0 Å². The Morgan fingerprint density at radius 3 is 2.50 bits per heavy atom. The molecule has 0 unspecified atom stereocenters. The maximum Gasteiger partial charge on any atom is 0.220 e. The first-order chi connectivity index (χ1) is 8.74. The molecule has 0 radical (unpaired) electrons. The number of halogens is 1. The van der Waals surface area contributed by atoms with E-state index in [9.17, 15) is 4.79 Å². The Hall–Kier alpha value is -0.0900. The van der Waals surface area contributed by atoms with Gasteiger partial charge in [0, 0.05) is 25.0 Å². The van der Waals surface area contributed by atoms with Crippen molar-refractivity contribution >= 4 is 21.8 Å². The highest BCUT2D eigenvalue weighted by molar-refractivity contribution is 9.09. The lowest BCUT2D eigenvalue weighted by molar-refractivity contribution is -0.125. The fourth-order valence-corrected chi connectivity index (χ4v) is 3.76. The molecule has 3 nitrogen and oxygen atoms in total. The van der Waals surface area contributed by atoms with E-state index in [0.717, 1.165) is 37.8 Å². The van der Waals surface area contributed by atoms with Crippen molar-refractivity contribution in [2.75, 3.05) is 18.5 Å². The van der Waals surface area contributed by atoms with Crippen LogP contribution >= 0.6 is 15.9 Å². The first-order valence-electron chi connectivity index (χ1n) is 7.19. The van der Waals surface area contributed by atoms with Crippen molar-refractivity contribution in [2.45, 2.75) is 56.9 Å². The largest absolute Gasteiger partial charge is 0.381 e. The molecule has 1 aliphatic heterocycles. The SMILES string of the molecule is O=C(CC1CCCCC1)NC1(CBr)CCOCC1. The summed E-state index contributed by atoms with van der Waals surface area (Å²) in [5.41, 5.74) is -0.0655. The standard InChI is InChI=1S/C14H24BrNO2/c15-11-14(6-8-18-9-7-14)16-13(17)10-12-4-2-1-3-5-12/h12H,1-11H2,(H,16,17). The molecular formula is C14H24BrNO2. The third-order valence-electron chi connectivity index (χ3n) is 4.31. The van der Waals surface area contributed by atoms with E-state index in [1.165, 1.54) is 32.1 Å². The van der Waals surface area contributed by atoms with Crippen LogP contribution in [0.15, 0.2) is 0 Å². The molecule has 1 amide bonds. The molecule has 1 saturated carbocycles. The minimum absolute atomic E-state index is 0.0655. The molecule has 1 heterocycles. The van der Waals surface area contributed by atoms with Gasteiger partial charge in [0.15, 0.2) is 0 Å². The van der Waals surface area contributed by atoms with E-state index in [-0.39, 0.29) is 11.4 Å². The molecule has 2 fully saturated rings. The highest BCUT2D eigenvalue weighted by atomic mass is 79.9. The number of carbonyl (C=O) groups excluding carboxylic acids is 1. The average Bonchev–Trinajstić information content (AvgIpc) is 2.41. The minimum Gasteiger partial charge on any atom is -0.381 e. The third-order valence-corrected chi connectivity index (χ3v) is 5.38. The van der Waals surface area contributed by atoms with Gasteiger partial charge in [-0.1, -0.05) is 35.2 Å². The number of hydrogen-bond donors (Lipinski definition) is 1. The fourth-order valence-electron chi connectivity index (χ4n) is 3.05. The van der Waals surface area contributed by atoms with Crippen molar-refractivity contribution in [3.8, 4) is 0 Å². The van der Waals surface area contributed by atoms with Gasteiger partial charge in [-0.3, -0.25) is 4.79 Å². The lowest BCUT2D eigenvalue weighted by Gasteiger charge is -2.37. The van der Waals surface area contributed by atoms with Crippen LogP contribution in [0.5, 0.6) is 0 Å². The van der Waals surface area contributed by atoms with Gasteiger partial charge in [0.1, 0.15) is 0 Å². The summed E-state index contributed by atoms with van der Waals surface area (Å²) in [7, 11) is 0. The van der Waals surface area contributed by atoms with Crippen LogP contribution < -0.4 is 5.32 Å². The molecule has 1 N–H and O–H groups in total. The van der Waals surface area contributed by atoms with Crippen molar-refractivity contribution in [1.29, 1.82) is 0 Å². The van der Waals surface area contributed by atoms with Crippen molar-refractivity contribution in [3.05, 3.63) is 0 Å². The van der Waals surface area contributed by atoms with E-state index in [0.29, 0.717) is 5.92 Å². The highest BCUT2D eigenvalue weighted by Gasteiger charge is 2.33. The predicted molar refractivity (Wildman–Crippen MR) is 75.9 cm³/mol. The third kappa shape index (κ3) is 3.95. The number of hydrogen-bond acceptors (Lipinski definition) is 2. The topological polar surface area (TPSA) is 38.3 Å². The van der Waals surface area contributed by atoms with Gasteiger partial charge < -0.3 is 10.1 Å². The van der Waals surface area contributed by atoms with Gasteiger partial charge in [0.25, 0.3) is 0 Å². The quantitative estimate of drug-likeness (QED) is 0.809. The summed E-state index contributed by atoms with van der Waals surface area (Å²) in [6.45, 7) is 1.52. The molecule has 0 aromatic heterocycles. The molecule has 2 rings (SSSR count). The summed E-state index contributed by atoms with van der Waals surface area (Å²) < 4.78 is 5.39. The van der Waals surface area contributed by atoms with Crippen LogP contribution in [0.2, 0.25) is 0 Å². The number of alkyl halides is 1. The van der Waals surface area contributed by atoms with Crippen LogP contribution in [0.1, 0.15) is 51.4 Å². The Labute approximate surface area is 118 Å². The molecular weight excluding hydrogens is 294 g/mol. The molecule has 4 heteroatoms. The summed E-state index contributed by atoms with van der Waals surface area (Å²) >= 11 is 3.55. The van der Waals surface area contributed by atoms with E-state index < -0.39 is 0 Å². The normalized spacial score (nSPS) is 24.7. The molecule has 2 aliphatic rings. The van der Waals surface area contributed by atoms with Gasteiger partial charge in [-0.15, -0.1) is 0 Å². The van der Waals surface area contributed by atoms with Gasteiger partial charge in [0.05, 0.1) is 5.54 Å². The molecule has 104 valence electrons. The maximum absolute atomic E-state index is 12.2. The molecule has 0 aromatic carbocycles. The van der Waals surface area contributed by atoms with Gasteiger partial charge in [-0.2, -0.15) is 0 Å². The number of amides is 1. The lowest BCUT2D eigenvalue weighted by Crippen LogP contribution is -2.53. The Morgan fingerprint density at radius 1 is 1.22 bits per heavy atom. The number of ether oxygens (including phenoxy) is 1. The molecule has 1 aliphatic carbocycles. The van der Waals surface area contributed by atoms with E-state index in [4.69, 9.17) is 4.74 Å². The van der Waals surface area contributed by atoms with E-state index in [1.54, 1.807) is 0 Å². The molecule has 1 saturated heterocycles. The second-order valence-electron chi connectivity index (χ2n) is 5.78. The maximum atomic E-state index is 12.2. The van der Waals surface area contributed by atoms with Crippen LogP contribution in [0.4, 0.5) is 0 Å². The average molecular weight is 318 g/mol. The Morgan fingerprint density at radius 2 is 1.89 bits per heavy atom. The molecule has 18 heavy (non-hydrogen) atoms. The van der Waals surface area contributed by atoms with Crippen LogP contribution in [-0.4, -0.2) is 30.0 Å². The summed E-state index contributed by atoms with van der Waals surface area (Å²) in [4.78, 5) is 12.2. The zero-order chi connectivity index (χ0) is 12.8. The Bertz CT molecular complexity index is 271. The van der Waals surface area contributed by atoms with E-state index in [2.05, 4.69) is 21.2 Å². The van der Waals surface area contributed by atoms with E-state index >= 15 is 0 Å². The zero-order valence-electron chi connectivity index (χ0n) is 11.0. The molecule has 0 aromatic rings. The van der Waals surface area contributed by atoms with Crippen molar-refractivity contribution in [2.24, 2.45) is 5.92 Å². The van der Waals surface area contributed by atoms with Gasteiger partial charge >= 0.3 is 0 Å². The zero-order valence-corrected chi connectivity index (χ0v) is 12.6. The number of carbonyl (C=O) groups is 1. The van der Waals surface area contributed by atoms with Gasteiger partial charge in [-0.05, 0) is 31.6 Å². The van der Waals surface area contributed by atoms with Crippen molar-refractivity contribution in [3.63, 3.8) is 0 Å². The smallest absolute Gasteiger partial charge is 0.220 e. The molecule has 0 spiro atoms. The van der Waals surface area contributed by atoms with Crippen LogP contribution in [0, 0.1) is 5.92 Å². The minimum atomic E-state index is -0.0655. The van der Waals surface area contributed by atoms with Gasteiger partial charge in [0.2, 0.25) is 5.91 Å². The van der Waals surface area contributed by atoms with Crippen LogP contribution in [-0.2, 0) is 9.53 Å². The second kappa shape index (κ2) is 6.90. The first kappa shape index (κ1) is 14.3. The first-order valence-corrected chi connectivity index (χ1v) is 8.31. The predicted octanol–water partition coefficient (Wildman–Crippen LogP) is 3.02. The second-order valence-corrected chi connectivity index (χ2v) is 6.34. The summed E-state index contributed by atoms with van der Waals surface area (Å²) in [6.07, 6.45) is 8.99. The van der Waals surface area contributed by atoms with Crippen LogP contribution in [0.25, 0.3) is 0 Å². The highest BCUT2D eigenvalue weighted by Crippen LogP contribution is 2.28. The summed E-state index contributed by atoms with van der Waals surface area (Å²) in [6, 6.07) is 0.